The quantitative estimate of drug-likeness (QED) is 0.521. The van der Waals surface area contributed by atoms with Crippen molar-refractivity contribution >= 4 is 23.9 Å². The lowest BCUT2D eigenvalue weighted by Crippen LogP contribution is -2.50. The Balaban J connectivity index is 1.38. The van der Waals surface area contributed by atoms with Gasteiger partial charge in [0.1, 0.15) is 12.6 Å². The van der Waals surface area contributed by atoms with Crippen molar-refractivity contribution in [2.75, 3.05) is 20.2 Å². The summed E-state index contributed by atoms with van der Waals surface area (Å²) in [5.41, 5.74) is 4.24. The van der Waals surface area contributed by atoms with Crippen LogP contribution in [-0.4, -0.2) is 66.2 Å². The number of ether oxygens (including phenoxy) is 1. The van der Waals surface area contributed by atoms with Crippen LogP contribution in [0.15, 0.2) is 48.5 Å². The van der Waals surface area contributed by atoms with Gasteiger partial charge in [-0.1, -0.05) is 48.5 Å². The predicted molar refractivity (Wildman–Crippen MR) is 123 cm³/mol. The average Bonchev–Trinajstić information content (AvgIpc) is 3.56. The molecule has 0 aliphatic heterocycles. The second-order valence-corrected chi connectivity index (χ2v) is 8.66. The molecule has 1 fully saturated rings. The van der Waals surface area contributed by atoms with Gasteiger partial charge in [-0.2, -0.15) is 0 Å². The van der Waals surface area contributed by atoms with Crippen molar-refractivity contribution < 1.29 is 29.0 Å². The highest BCUT2D eigenvalue weighted by molar-refractivity contribution is 5.92. The molecule has 178 valence electrons. The number of alkyl carbamates (subject to hydrolysis) is 1. The van der Waals surface area contributed by atoms with Crippen LogP contribution in [0, 0.1) is 0 Å². The van der Waals surface area contributed by atoms with Gasteiger partial charge in [-0.3, -0.25) is 14.4 Å². The minimum atomic E-state index is -1.35. The van der Waals surface area contributed by atoms with Crippen molar-refractivity contribution in [3.63, 3.8) is 0 Å². The molecule has 1 saturated carbocycles. The van der Waals surface area contributed by atoms with Crippen LogP contribution < -0.4 is 10.6 Å². The van der Waals surface area contributed by atoms with Crippen molar-refractivity contribution in [2.45, 2.75) is 37.3 Å². The summed E-state index contributed by atoms with van der Waals surface area (Å²) in [5, 5.41) is 14.3. The molecule has 0 radical (unpaired) electrons. The van der Waals surface area contributed by atoms with E-state index in [1.54, 1.807) is 0 Å². The number of nitrogens with zero attached hydrogens (tertiary/aromatic N) is 1. The van der Waals surface area contributed by atoms with Crippen molar-refractivity contribution in [3.05, 3.63) is 59.7 Å². The Bertz CT molecular complexity index is 1070. The van der Waals surface area contributed by atoms with Gasteiger partial charge in [0.25, 0.3) is 0 Å². The zero-order valence-corrected chi connectivity index (χ0v) is 18.8. The molecular weight excluding hydrogens is 438 g/mol. The zero-order chi connectivity index (χ0) is 24.2. The van der Waals surface area contributed by atoms with Gasteiger partial charge in [0.2, 0.25) is 11.8 Å². The summed E-state index contributed by atoms with van der Waals surface area (Å²) in [6.45, 7) is -0.189. The molecule has 0 saturated heterocycles. The molecule has 1 atom stereocenters. The molecule has 3 N–H and O–H groups in total. The van der Waals surface area contributed by atoms with Crippen LogP contribution in [0.2, 0.25) is 0 Å². The van der Waals surface area contributed by atoms with Gasteiger partial charge >= 0.3 is 12.1 Å². The Labute approximate surface area is 197 Å². The number of carbonyl (C=O) groups excluding carboxylic acids is 3. The summed E-state index contributed by atoms with van der Waals surface area (Å²) in [6.07, 6.45) is 0.303. The normalized spacial score (nSPS) is 15.0. The SMILES string of the molecule is CN(CC(=O)NC1CC1)C(=O)C(CC(=O)O)NC(=O)OCC1c2ccccc2-c2ccccc21. The standard InChI is InChI=1S/C25H27N3O6/c1-28(13-22(29)26-15-10-11-15)24(32)21(12-23(30)31)27-25(33)34-14-20-18-8-4-2-6-16(18)17-7-3-5-9-19(17)20/h2-9,15,20-21H,10-14H2,1H3,(H,26,29)(H,27,33)(H,30,31). The van der Waals surface area contributed by atoms with Crippen molar-refractivity contribution in [1.82, 2.24) is 15.5 Å². The molecule has 0 bridgehead atoms. The summed E-state index contributed by atoms with van der Waals surface area (Å²) in [7, 11) is 1.39. The van der Waals surface area contributed by atoms with E-state index in [-0.39, 0.29) is 31.0 Å². The number of likely N-dealkylation sites (N-methyl/N-ethyl adjacent to an activating group) is 1. The highest BCUT2D eigenvalue weighted by atomic mass is 16.5. The fourth-order valence-corrected chi connectivity index (χ4v) is 4.22. The molecular formula is C25H27N3O6. The minimum Gasteiger partial charge on any atom is -0.481 e. The number of hydrogen-bond acceptors (Lipinski definition) is 5. The molecule has 1 unspecified atom stereocenters. The summed E-state index contributed by atoms with van der Waals surface area (Å²) in [6, 6.07) is 14.6. The molecule has 2 aromatic rings. The average molecular weight is 466 g/mol. The van der Waals surface area contributed by atoms with E-state index in [9.17, 15) is 24.3 Å². The molecule has 9 nitrogen and oxygen atoms in total. The smallest absolute Gasteiger partial charge is 0.407 e. The van der Waals surface area contributed by atoms with Gasteiger partial charge in [0.15, 0.2) is 0 Å². The number of hydrogen-bond donors (Lipinski definition) is 3. The summed E-state index contributed by atoms with van der Waals surface area (Å²) >= 11 is 0. The van der Waals surface area contributed by atoms with Crippen LogP contribution >= 0.6 is 0 Å². The second-order valence-electron chi connectivity index (χ2n) is 8.66. The van der Waals surface area contributed by atoms with Gasteiger partial charge in [-0.25, -0.2) is 4.79 Å². The Morgan fingerprint density at radius 2 is 1.62 bits per heavy atom. The molecule has 0 aromatic heterocycles. The highest BCUT2D eigenvalue weighted by Crippen LogP contribution is 2.44. The maximum atomic E-state index is 12.8. The Kier molecular flexibility index (Phi) is 6.81. The van der Waals surface area contributed by atoms with Gasteiger partial charge in [0, 0.05) is 19.0 Å². The van der Waals surface area contributed by atoms with E-state index in [1.165, 1.54) is 7.05 Å². The molecule has 34 heavy (non-hydrogen) atoms. The zero-order valence-electron chi connectivity index (χ0n) is 18.8. The molecule has 2 aromatic carbocycles. The second kappa shape index (κ2) is 9.94. The van der Waals surface area contributed by atoms with Crippen LogP contribution in [-0.2, 0) is 19.1 Å². The predicted octanol–water partition coefficient (Wildman–Crippen LogP) is 2.11. The number of carbonyl (C=O) groups is 4. The first-order chi connectivity index (χ1) is 16.3. The Morgan fingerprint density at radius 3 is 2.18 bits per heavy atom. The van der Waals surface area contributed by atoms with Crippen LogP contribution in [0.5, 0.6) is 0 Å². The molecule has 0 spiro atoms. The highest BCUT2D eigenvalue weighted by Gasteiger charge is 2.32. The van der Waals surface area contributed by atoms with E-state index in [0.717, 1.165) is 40.0 Å². The first-order valence-corrected chi connectivity index (χ1v) is 11.2. The summed E-state index contributed by atoms with van der Waals surface area (Å²) < 4.78 is 5.43. The lowest BCUT2D eigenvalue weighted by molar-refractivity contribution is -0.142. The molecule has 0 heterocycles. The number of rotatable bonds is 9. The third-order valence-electron chi connectivity index (χ3n) is 6.01. The largest absolute Gasteiger partial charge is 0.481 e. The van der Waals surface area contributed by atoms with E-state index in [1.807, 2.05) is 48.5 Å². The fourth-order valence-electron chi connectivity index (χ4n) is 4.22. The number of nitrogens with one attached hydrogen (secondary N) is 2. The number of benzene rings is 2. The number of amides is 3. The Hall–Kier alpha value is -3.88. The maximum Gasteiger partial charge on any atom is 0.407 e. The van der Waals surface area contributed by atoms with E-state index < -0.39 is 30.4 Å². The number of carboxylic acids is 1. The maximum absolute atomic E-state index is 12.8. The first-order valence-electron chi connectivity index (χ1n) is 11.2. The van der Waals surface area contributed by atoms with Gasteiger partial charge < -0.3 is 25.4 Å². The third kappa shape index (κ3) is 5.36. The topological polar surface area (TPSA) is 125 Å². The molecule has 9 heteroatoms. The monoisotopic (exact) mass is 465 g/mol. The van der Waals surface area contributed by atoms with Gasteiger partial charge in [-0.05, 0) is 35.1 Å². The van der Waals surface area contributed by atoms with Crippen molar-refractivity contribution in [2.24, 2.45) is 0 Å². The molecule has 2 aliphatic carbocycles. The third-order valence-corrected chi connectivity index (χ3v) is 6.01. The number of carboxylic acid groups (broad SMARTS) is 1. The van der Waals surface area contributed by atoms with E-state index in [2.05, 4.69) is 10.6 Å². The van der Waals surface area contributed by atoms with Gasteiger partial charge in [-0.15, -0.1) is 0 Å². The summed E-state index contributed by atoms with van der Waals surface area (Å²) in [4.78, 5) is 49.7. The lowest BCUT2D eigenvalue weighted by Gasteiger charge is -2.23. The first kappa shape index (κ1) is 23.3. The van der Waals surface area contributed by atoms with Gasteiger partial charge in [0.05, 0.1) is 13.0 Å². The minimum absolute atomic E-state index is 0.0352. The van der Waals surface area contributed by atoms with E-state index in [0.29, 0.717) is 0 Å². The van der Waals surface area contributed by atoms with E-state index >= 15 is 0 Å². The van der Waals surface area contributed by atoms with Crippen molar-refractivity contribution in [3.8, 4) is 11.1 Å². The van der Waals surface area contributed by atoms with Crippen molar-refractivity contribution in [1.29, 1.82) is 0 Å². The van der Waals surface area contributed by atoms with Crippen LogP contribution in [0.4, 0.5) is 4.79 Å². The van der Waals surface area contributed by atoms with Crippen LogP contribution in [0.3, 0.4) is 0 Å². The summed E-state index contributed by atoms with van der Waals surface area (Å²) in [5.74, 6) is -2.43. The lowest BCUT2D eigenvalue weighted by atomic mass is 9.98. The van der Waals surface area contributed by atoms with E-state index in [4.69, 9.17) is 4.74 Å². The fraction of sp³-hybridized carbons (Fsp3) is 0.360. The molecule has 4 rings (SSSR count). The molecule has 2 aliphatic rings. The Morgan fingerprint density at radius 1 is 1.03 bits per heavy atom. The van der Waals surface area contributed by atoms with Crippen LogP contribution in [0.25, 0.3) is 11.1 Å². The van der Waals surface area contributed by atoms with Crippen LogP contribution in [0.1, 0.15) is 36.3 Å². The molecule has 3 amide bonds. The number of fused-ring (bicyclic) bond motifs is 3. The number of aliphatic carboxylic acids is 1.